The summed E-state index contributed by atoms with van der Waals surface area (Å²) in [6, 6.07) is 0. The molecule has 0 aromatic heterocycles. The standard InChI is InChI=1S/C36H60O18/c1-15-29(40)34(44-10)35(50-20(6)37)36(49-15)54-33-19(5)48-27(14-24(33)43-9)51-30-16(2)46-26(11-21(30)38)52-32-18(4)47-28(13-23(32)42-8)53-31-17(3)45-25(39)12-22(31)41-7/h15-19,21-24,26-36,38,40H,11-14H2,1-10H3/t15-,16+,17-,18-,19-,21+,22-,23+,24+,26+,27+,28+,29+,30-,31-,32-,33-,34+,35-,36+/m1/s1. The van der Waals surface area contributed by atoms with Crippen molar-refractivity contribution in [2.24, 2.45) is 0 Å². The fourth-order valence-corrected chi connectivity index (χ4v) is 8.02. The molecule has 5 aliphatic rings. The monoisotopic (exact) mass is 780 g/mol. The summed E-state index contributed by atoms with van der Waals surface area (Å²) in [6.45, 7) is 10.1. The van der Waals surface area contributed by atoms with Crippen LogP contribution in [0.2, 0.25) is 0 Å². The predicted molar refractivity (Wildman–Crippen MR) is 182 cm³/mol. The van der Waals surface area contributed by atoms with Crippen molar-refractivity contribution in [2.45, 2.75) is 190 Å². The van der Waals surface area contributed by atoms with E-state index in [0.717, 1.165) is 0 Å². The Bertz CT molecular complexity index is 1200. The van der Waals surface area contributed by atoms with Gasteiger partial charge in [0.05, 0.1) is 55.3 Å². The van der Waals surface area contributed by atoms with Crippen LogP contribution in [0.25, 0.3) is 0 Å². The fraction of sp³-hybridized carbons (Fsp3) is 0.944. The van der Waals surface area contributed by atoms with Gasteiger partial charge in [0.15, 0.2) is 31.3 Å². The maximum absolute atomic E-state index is 11.9. The molecular formula is C36H60O18. The van der Waals surface area contributed by atoms with Gasteiger partial charge in [-0.05, 0) is 34.6 Å². The Balaban J connectivity index is 1.15. The fourth-order valence-electron chi connectivity index (χ4n) is 8.02. The summed E-state index contributed by atoms with van der Waals surface area (Å²) in [4.78, 5) is 23.8. The molecule has 0 aromatic carbocycles. The molecule has 2 N–H and O–H groups in total. The normalized spacial score (nSPS) is 47.5. The zero-order valence-electron chi connectivity index (χ0n) is 32.8. The molecule has 0 amide bonds. The summed E-state index contributed by atoms with van der Waals surface area (Å²) in [5.74, 6) is -0.924. The van der Waals surface area contributed by atoms with Crippen molar-refractivity contribution in [2.75, 3.05) is 28.4 Å². The van der Waals surface area contributed by atoms with E-state index in [9.17, 15) is 19.8 Å². The Hall–Kier alpha value is -1.62. The van der Waals surface area contributed by atoms with Crippen molar-refractivity contribution < 1.29 is 86.1 Å². The number of carbonyl (C=O) groups excluding carboxylic acids is 2. The van der Waals surface area contributed by atoms with Gasteiger partial charge in [-0.3, -0.25) is 9.59 Å². The van der Waals surface area contributed by atoms with Crippen molar-refractivity contribution in [1.29, 1.82) is 0 Å². The molecule has 312 valence electrons. The zero-order chi connectivity index (χ0) is 39.4. The van der Waals surface area contributed by atoms with Crippen molar-refractivity contribution in [3.63, 3.8) is 0 Å². The first-order valence-corrected chi connectivity index (χ1v) is 18.7. The highest BCUT2D eigenvalue weighted by Gasteiger charge is 2.51. The molecule has 54 heavy (non-hydrogen) atoms. The predicted octanol–water partition coefficient (Wildman–Crippen LogP) is 0.726. The van der Waals surface area contributed by atoms with Crippen molar-refractivity contribution in [3.05, 3.63) is 0 Å². The molecule has 0 saturated carbocycles. The second-order valence-electron chi connectivity index (χ2n) is 14.7. The lowest BCUT2D eigenvalue weighted by Gasteiger charge is -2.47. The first kappa shape index (κ1) is 43.5. The summed E-state index contributed by atoms with van der Waals surface area (Å²) in [5.41, 5.74) is 0. The molecule has 5 heterocycles. The molecule has 5 fully saturated rings. The van der Waals surface area contributed by atoms with Crippen LogP contribution in [-0.2, 0) is 75.9 Å². The van der Waals surface area contributed by atoms with E-state index >= 15 is 0 Å². The number of ether oxygens (including phenoxy) is 14. The molecule has 5 aliphatic heterocycles. The molecular weight excluding hydrogens is 720 g/mol. The molecule has 5 rings (SSSR count). The van der Waals surface area contributed by atoms with Gasteiger partial charge in [-0.2, -0.15) is 0 Å². The van der Waals surface area contributed by atoms with Crippen LogP contribution in [0.1, 0.15) is 67.2 Å². The molecule has 0 radical (unpaired) electrons. The highest BCUT2D eigenvalue weighted by molar-refractivity contribution is 5.71. The first-order valence-electron chi connectivity index (χ1n) is 18.7. The molecule has 0 aliphatic carbocycles. The number of rotatable bonds is 13. The van der Waals surface area contributed by atoms with Gasteiger partial charge in [0.2, 0.25) is 0 Å². The average molecular weight is 781 g/mol. The summed E-state index contributed by atoms with van der Waals surface area (Å²) in [7, 11) is 6.06. The zero-order valence-corrected chi connectivity index (χ0v) is 32.8. The smallest absolute Gasteiger partial charge is 0.308 e. The number of esters is 2. The molecule has 20 atom stereocenters. The SMILES string of the molecule is CO[C@H]1[C@@H](O)[C@@H](C)O[C@@H](O[C@H]2[C@@H](OC)C[C@H](O[C@@H]3[C@H](C)O[C@@H](O[C@H]4[C@@H](OC)C[C@H](O[C@@H]5[C@@H](C)OC(=O)C[C@H]5OC)O[C@@H]4C)C[C@@H]3O)O[C@@H]2C)[C@@H]1OC(C)=O. The number of carbonyl (C=O) groups is 2. The van der Waals surface area contributed by atoms with Gasteiger partial charge in [-0.15, -0.1) is 0 Å². The van der Waals surface area contributed by atoms with Crippen LogP contribution >= 0.6 is 0 Å². The minimum atomic E-state index is -1.08. The number of cyclic esters (lactones) is 1. The lowest BCUT2D eigenvalue weighted by Crippen LogP contribution is -2.62. The molecule has 0 aromatic rings. The third-order valence-electron chi connectivity index (χ3n) is 10.9. The van der Waals surface area contributed by atoms with Crippen LogP contribution in [0.5, 0.6) is 0 Å². The van der Waals surface area contributed by atoms with Gasteiger partial charge in [0.1, 0.15) is 42.7 Å². The van der Waals surface area contributed by atoms with E-state index in [1.165, 1.54) is 28.3 Å². The van der Waals surface area contributed by atoms with E-state index in [0.29, 0.717) is 6.42 Å². The Morgan fingerprint density at radius 2 is 1.06 bits per heavy atom. The van der Waals surface area contributed by atoms with Crippen molar-refractivity contribution in [1.82, 2.24) is 0 Å². The van der Waals surface area contributed by atoms with E-state index in [2.05, 4.69) is 0 Å². The summed E-state index contributed by atoms with van der Waals surface area (Å²) < 4.78 is 83.3. The summed E-state index contributed by atoms with van der Waals surface area (Å²) in [5, 5.41) is 21.9. The topological polar surface area (TPSA) is 204 Å². The lowest BCUT2D eigenvalue weighted by atomic mass is 9.97. The minimum absolute atomic E-state index is 0.0853. The molecule has 0 unspecified atom stereocenters. The van der Waals surface area contributed by atoms with E-state index in [-0.39, 0.29) is 25.2 Å². The third kappa shape index (κ3) is 10.1. The van der Waals surface area contributed by atoms with Gasteiger partial charge >= 0.3 is 11.9 Å². The van der Waals surface area contributed by atoms with Crippen LogP contribution < -0.4 is 0 Å². The van der Waals surface area contributed by atoms with E-state index in [1.807, 2.05) is 6.92 Å². The van der Waals surface area contributed by atoms with Crippen LogP contribution in [0, 0.1) is 0 Å². The quantitative estimate of drug-likeness (QED) is 0.247. The van der Waals surface area contributed by atoms with Crippen molar-refractivity contribution in [3.8, 4) is 0 Å². The Kier molecular flexibility index (Phi) is 15.5. The second-order valence-corrected chi connectivity index (χ2v) is 14.7. The third-order valence-corrected chi connectivity index (χ3v) is 10.9. The van der Waals surface area contributed by atoms with E-state index in [4.69, 9.17) is 66.3 Å². The van der Waals surface area contributed by atoms with E-state index in [1.54, 1.807) is 34.8 Å². The maximum atomic E-state index is 11.9. The molecule has 18 heteroatoms. The number of aliphatic hydroxyl groups excluding tert-OH is 2. The van der Waals surface area contributed by atoms with Gasteiger partial charge < -0.3 is 76.5 Å². The first-order chi connectivity index (χ1) is 25.7. The highest BCUT2D eigenvalue weighted by Crippen LogP contribution is 2.36. The van der Waals surface area contributed by atoms with Crippen molar-refractivity contribution >= 4 is 11.9 Å². The lowest BCUT2D eigenvalue weighted by molar-refractivity contribution is -0.356. The largest absolute Gasteiger partial charge is 0.460 e. The van der Waals surface area contributed by atoms with Crippen LogP contribution in [0.15, 0.2) is 0 Å². The molecule has 0 spiro atoms. The van der Waals surface area contributed by atoms with Gasteiger partial charge in [0, 0.05) is 54.6 Å². The van der Waals surface area contributed by atoms with E-state index < -0.39 is 129 Å². The Labute approximate surface area is 316 Å². The average Bonchev–Trinajstić information content (AvgIpc) is 3.11. The molecule has 5 saturated heterocycles. The molecule has 0 bridgehead atoms. The number of hydrogen-bond donors (Lipinski definition) is 2. The number of aliphatic hydroxyl groups is 2. The van der Waals surface area contributed by atoms with Crippen LogP contribution in [0.4, 0.5) is 0 Å². The van der Waals surface area contributed by atoms with Gasteiger partial charge in [0.25, 0.3) is 0 Å². The highest BCUT2D eigenvalue weighted by atomic mass is 16.8. The van der Waals surface area contributed by atoms with Gasteiger partial charge in [-0.1, -0.05) is 0 Å². The Morgan fingerprint density at radius 1 is 0.574 bits per heavy atom. The minimum Gasteiger partial charge on any atom is -0.460 e. The summed E-state index contributed by atoms with van der Waals surface area (Å²) in [6.07, 6.45) is -13.3. The Morgan fingerprint density at radius 3 is 1.56 bits per heavy atom. The second kappa shape index (κ2) is 19.2. The van der Waals surface area contributed by atoms with Gasteiger partial charge in [-0.25, -0.2) is 0 Å². The number of hydrogen-bond acceptors (Lipinski definition) is 18. The van der Waals surface area contributed by atoms with Crippen LogP contribution in [0.3, 0.4) is 0 Å². The van der Waals surface area contributed by atoms with Crippen LogP contribution in [-0.4, -0.2) is 173 Å². The molecule has 18 nitrogen and oxygen atoms in total. The summed E-state index contributed by atoms with van der Waals surface area (Å²) >= 11 is 0. The maximum Gasteiger partial charge on any atom is 0.308 e. The number of methoxy groups -OCH3 is 4.